The molecular formula is C19H19ClN2O4. The first-order valence-electron chi connectivity index (χ1n) is 8.11. The van der Waals surface area contributed by atoms with Crippen LogP contribution >= 0.6 is 11.6 Å². The van der Waals surface area contributed by atoms with E-state index in [-0.39, 0.29) is 37.0 Å². The molecule has 2 N–H and O–H groups in total. The molecular weight excluding hydrogens is 356 g/mol. The van der Waals surface area contributed by atoms with Gasteiger partial charge in [0.25, 0.3) is 5.91 Å². The molecule has 0 heterocycles. The van der Waals surface area contributed by atoms with Crippen molar-refractivity contribution >= 4 is 35.1 Å². The number of hydrogen-bond acceptors (Lipinski definition) is 4. The van der Waals surface area contributed by atoms with Gasteiger partial charge >= 0.3 is 5.97 Å². The van der Waals surface area contributed by atoms with Crippen molar-refractivity contribution < 1.29 is 19.1 Å². The van der Waals surface area contributed by atoms with Gasteiger partial charge < -0.3 is 15.4 Å². The third-order valence-corrected chi connectivity index (χ3v) is 3.78. The van der Waals surface area contributed by atoms with Gasteiger partial charge in [-0.1, -0.05) is 35.9 Å². The molecule has 0 aromatic heterocycles. The number of rotatable bonds is 7. The van der Waals surface area contributed by atoms with E-state index in [4.69, 9.17) is 16.3 Å². The molecule has 26 heavy (non-hydrogen) atoms. The molecule has 0 aliphatic rings. The first-order chi connectivity index (χ1) is 12.5. The van der Waals surface area contributed by atoms with Crippen LogP contribution in [0.2, 0.25) is 5.02 Å². The monoisotopic (exact) mass is 374 g/mol. The van der Waals surface area contributed by atoms with Gasteiger partial charge in [-0.2, -0.15) is 0 Å². The number of esters is 1. The van der Waals surface area contributed by atoms with E-state index in [1.54, 1.807) is 55.5 Å². The number of anilines is 1. The average molecular weight is 375 g/mol. The Kier molecular flexibility index (Phi) is 7.17. The van der Waals surface area contributed by atoms with Crippen molar-refractivity contribution in [3.05, 3.63) is 64.7 Å². The van der Waals surface area contributed by atoms with Gasteiger partial charge in [-0.05, 0) is 31.2 Å². The molecule has 0 spiro atoms. The summed E-state index contributed by atoms with van der Waals surface area (Å²) in [4.78, 5) is 36.0. The molecule has 0 unspecified atom stereocenters. The third kappa shape index (κ3) is 5.32. The topological polar surface area (TPSA) is 84.5 Å². The lowest BCUT2D eigenvalue weighted by Gasteiger charge is -2.11. The van der Waals surface area contributed by atoms with Crippen molar-refractivity contribution in [2.75, 3.05) is 18.5 Å². The maximum atomic E-state index is 12.1. The molecule has 0 atom stereocenters. The van der Waals surface area contributed by atoms with Crippen molar-refractivity contribution in [2.24, 2.45) is 0 Å². The van der Waals surface area contributed by atoms with Crippen LogP contribution in [-0.4, -0.2) is 30.9 Å². The van der Waals surface area contributed by atoms with Crippen LogP contribution in [-0.2, 0) is 9.53 Å². The van der Waals surface area contributed by atoms with Crippen molar-refractivity contribution in [3.63, 3.8) is 0 Å². The number of amides is 2. The predicted octanol–water partition coefficient (Wildman–Crippen LogP) is 3.28. The first-order valence-corrected chi connectivity index (χ1v) is 8.49. The number of carbonyl (C=O) groups is 3. The predicted molar refractivity (Wildman–Crippen MR) is 99.4 cm³/mol. The second kappa shape index (κ2) is 9.58. The Labute approximate surface area is 156 Å². The van der Waals surface area contributed by atoms with Gasteiger partial charge in [-0.15, -0.1) is 0 Å². The highest BCUT2D eigenvalue weighted by Crippen LogP contribution is 2.17. The van der Waals surface area contributed by atoms with E-state index in [9.17, 15) is 14.4 Å². The second-order valence-corrected chi connectivity index (χ2v) is 5.71. The molecule has 6 nitrogen and oxygen atoms in total. The van der Waals surface area contributed by atoms with Crippen molar-refractivity contribution in [3.8, 4) is 0 Å². The van der Waals surface area contributed by atoms with Crippen LogP contribution in [0.1, 0.15) is 34.1 Å². The number of benzene rings is 2. The smallest absolute Gasteiger partial charge is 0.340 e. The van der Waals surface area contributed by atoms with Gasteiger partial charge in [-0.25, -0.2) is 4.79 Å². The summed E-state index contributed by atoms with van der Waals surface area (Å²) in [5.74, 6) is -1.19. The zero-order valence-electron chi connectivity index (χ0n) is 14.3. The Hall–Kier alpha value is -2.86. The number of para-hydroxylation sites is 1. The SMILES string of the molecule is CCOC(=O)c1ccccc1NC(=O)CCNC(=O)c1ccccc1Cl. The van der Waals surface area contributed by atoms with E-state index in [0.29, 0.717) is 16.3 Å². The van der Waals surface area contributed by atoms with Gasteiger partial charge in [0.2, 0.25) is 5.91 Å². The van der Waals surface area contributed by atoms with Crippen LogP contribution in [0.3, 0.4) is 0 Å². The molecule has 0 radical (unpaired) electrons. The zero-order valence-corrected chi connectivity index (χ0v) is 15.0. The van der Waals surface area contributed by atoms with Gasteiger partial charge in [-0.3, -0.25) is 9.59 Å². The summed E-state index contributed by atoms with van der Waals surface area (Å²) in [6.07, 6.45) is 0.0490. The molecule has 136 valence electrons. The molecule has 0 aliphatic heterocycles. The molecule has 0 fully saturated rings. The summed E-state index contributed by atoms with van der Waals surface area (Å²) in [7, 11) is 0. The maximum Gasteiger partial charge on any atom is 0.340 e. The van der Waals surface area contributed by atoms with E-state index in [1.807, 2.05) is 0 Å². The Morgan fingerprint density at radius 2 is 1.65 bits per heavy atom. The van der Waals surface area contributed by atoms with Crippen LogP contribution in [0.25, 0.3) is 0 Å². The highest BCUT2D eigenvalue weighted by Gasteiger charge is 2.14. The van der Waals surface area contributed by atoms with E-state index in [1.165, 1.54) is 0 Å². The van der Waals surface area contributed by atoms with Gasteiger partial charge in [0.1, 0.15) is 0 Å². The molecule has 2 rings (SSSR count). The number of halogens is 1. The maximum absolute atomic E-state index is 12.1. The molecule has 0 bridgehead atoms. The Morgan fingerprint density at radius 3 is 2.35 bits per heavy atom. The lowest BCUT2D eigenvalue weighted by molar-refractivity contribution is -0.116. The fourth-order valence-electron chi connectivity index (χ4n) is 2.22. The Morgan fingerprint density at radius 1 is 1.00 bits per heavy atom. The number of nitrogens with one attached hydrogen (secondary N) is 2. The van der Waals surface area contributed by atoms with E-state index >= 15 is 0 Å². The third-order valence-electron chi connectivity index (χ3n) is 3.45. The average Bonchev–Trinajstić information content (AvgIpc) is 2.62. The van der Waals surface area contributed by atoms with E-state index in [0.717, 1.165) is 0 Å². The van der Waals surface area contributed by atoms with E-state index in [2.05, 4.69) is 10.6 Å². The van der Waals surface area contributed by atoms with Gasteiger partial charge in [0, 0.05) is 13.0 Å². The largest absolute Gasteiger partial charge is 0.462 e. The zero-order chi connectivity index (χ0) is 18.9. The minimum Gasteiger partial charge on any atom is -0.462 e. The summed E-state index contributed by atoms with van der Waals surface area (Å²) < 4.78 is 4.96. The van der Waals surface area contributed by atoms with Gasteiger partial charge in [0.15, 0.2) is 0 Å². The highest BCUT2D eigenvalue weighted by atomic mass is 35.5. The first kappa shape index (κ1) is 19.5. The number of hydrogen-bond donors (Lipinski definition) is 2. The van der Waals surface area contributed by atoms with E-state index < -0.39 is 5.97 Å². The fraction of sp³-hybridized carbons (Fsp3) is 0.211. The van der Waals surface area contributed by atoms with Crippen molar-refractivity contribution in [2.45, 2.75) is 13.3 Å². The summed E-state index contributed by atoms with van der Waals surface area (Å²) >= 11 is 5.96. The molecule has 2 amide bonds. The molecule has 0 saturated heterocycles. The lowest BCUT2D eigenvalue weighted by atomic mass is 10.1. The normalized spacial score (nSPS) is 10.1. The molecule has 0 aliphatic carbocycles. The molecule has 2 aromatic rings. The molecule has 0 saturated carbocycles. The van der Waals surface area contributed by atoms with Crippen LogP contribution in [0, 0.1) is 0 Å². The van der Waals surface area contributed by atoms with Crippen LogP contribution in [0.15, 0.2) is 48.5 Å². The summed E-state index contributed by atoms with van der Waals surface area (Å²) in [6.45, 7) is 2.09. The fourth-order valence-corrected chi connectivity index (χ4v) is 2.44. The Balaban J connectivity index is 1.89. The minimum atomic E-state index is -0.504. The summed E-state index contributed by atoms with van der Waals surface area (Å²) in [5, 5.41) is 5.64. The van der Waals surface area contributed by atoms with Crippen molar-refractivity contribution in [1.29, 1.82) is 0 Å². The lowest BCUT2D eigenvalue weighted by Crippen LogP contribution is -2.28. The van der Waals surface area contributed by atoms with Crippen LogP contribution in [0.4, 0.5) is 5.69 Å². The van der Waals surface area contributed by atoms with Crippen LogP contribution in [0.5, 0.6) is 0 Å². The standard InChI is InChI=1S/C19H19ClN2O4/c1-2-26-19(25)14-8-4-6-10-16(14)22-17(23)11-12-21-18(24)13-7-3-5-9-15(13)20/h3-10H,2,11-12H2,1H3,(H,21,24)(H,22,23). The quantitative estimate of drug-likeness (QED) is 0.728. The summed E-state index contributed by atoms with van der Waals surface area (Å²) in [5.41, 5.74) is 0.999. The second-order valence-electron chi connectivity index (χ2n) is 5.30. The van der Waals surface area contributed by atoms with Crippen molar-refractivity contribution in [1.82, 2.24) is 5.32 Å². The minimum absolute atomic E-state index is 0.0490. The highest BCUT2D eigenvalue weighted by molar-refractivity contribution is 6.33. The number of carbonyl (C=O) groups excluding carboxylic acids is 3. The molecule has 7 heteroatoms. The van der Waals surface area contributed by atoms with Gasteiger partial charge in [0.05, 0.1) is 28.4 Å². The Bertz CT molecular complexity index is 808. The summed E-state index contributed by atoms with van der Waals surface area (Å²) in [6, 6.07) is 13.2. The molecule has 2 aromatic carbocycles. The number of ether oxygens (including phenoxy) is 1. The van der Waals surface area contributed by atoms with Crippen LogP contribution < -0.4 is 10.6 Å².